The second kappa shape index (κ2) is 5.05. The van der Waals surface area contributed by atoms with Crippen LogP contribution in [0.2, 0.25) is 0 Å². The number of nitrogen functional groups attached to an aromatic ring is 1. The molecule has 1 aromatic rings. The Morgan fingerprint density at radius 2 is 2.12 bits per heavy atom. The van der Waals surface area contributed by atoms with Crippen LogP contribution < -0.4 is 5.73 Å². The first-order valence-corrected chi connectivity index (χ1v) is 6.34. The van der Waals surface area contributed by atoms with Gasteiger partial charge < -0.3 is 10.5 Å². The van der Waals surface area contributed by atoms with Crippen molar-refractivity contribution in [3.05, 3.63) is 24.3 Å². The molecular weight excluding hydrogens is 244 g/mol. The summed E-state index contributed by atoms with van der Waals surface area (Å²) in [5, 5.41) is 0. The summed E-state index contributed by atoms with van der Waals surface area (Å²) in [4.78, 5) is 11.3. The number of amides is 1. The van der Waals surface area contributed by atoms with Crippen LogP contribution in [0.25, 0.3) is 0 Å². The average Bonchev–Trinajstić information content (AvgIpc) is 2.28. The Bertz CT molecular complexity index is 513. The Morgan fingerprint density at radius 3 is 2.65 bits per heavy atom. The van der Waals surface area contributed by atoms with Crippen molar-refractivity contribution < 1.29 is 17.9 Å². The third-order valence-electron chi connectivity index (χ3n) is 2.04. The fraction of sp³-hybridized carbons (Fsp3) is 0.300. The summed E-state index contributed by atoms with van der Waals surface area (Å²) in [6, 6.07) is 5.71. The molecule has 0 saturated carbocycles. The van der Waals surface area contributed by atoms with Crippen molar-refractivity contribution in [1.82, 2.24) is 4.31 Å². The summed E-state index contributed by atoms with van der Waals surface area (Å²) >= 11 is 0. The maximum absolute atomic E-state index is 12.0. The predicted molar refractivity (Wildman–Crippen MR) is 62.8 cm³/mol. The Labute approximate surface area is 100 Å². The van der Waals surface area contributed by atoms with E-state index >= 15 is 0 Å². The van der Waals surface area contributed by atoms with Crippen LogP contribution in [0.5, 0.6) is 0 Å². The van der Waals surface area contributed by atoms with Crippen LogP contribution in [0.4, 0.5) is 10.5 Å². The maximum atomic E-state index is 12.0. The molecule has 0 aliphatic carbocycles. The molecule has 0 radical (unpaired) electrons. The third kappa shape index (κ3) is 2.88. The maximum Gasteiger partial charge on any atom is 0.423 e. The highest BCUT2D eigenvalue weighted by Crippen LogP contribution is 2.17. The lowest BCUT2D eigenvalue weighted by Crippen LogP contribution is -2.33. The minimum Gasteiger partial charge on any atom is -0.449 e. The molecule has 0 spiro atoms. The van der Waals surface area contributed by atoms with Gasteiger partial charge in [-0.1, -0.05) is 6.07 Å². The van der Waals surface area contributed by atoms with Gasteiger partial charge in [0.25, 0.3) is 10.0 Å². The number of anilines is 1. The molecule has 0 unspecified atom stereocenters. The summed E-state index contributed by atoms with van der Waals surface area (Å²) in [6.07, 6.45) is -0.921. The summed E-state index contributed by atoms with van der Waals surface area (Å²) in [6.45, 7) is 1.70. The van der Waals surface area contributed by atoms with Gasteiger partial charge in [-0.25, -0.2) is 17.5 Å². The third-order valence-corrected chi connectivity index (χ3v) is 3.76. The number of hydrogen-bond donors (Lipinski definition) is 1. The lowest BCUT2D eigenvalue weighted by atomic mass is 10.3. The zero-order valence-corrected chi connectivity index (χ0v) is 10.4. The number of sulfonamides is 1. The van der Waals surface area contributed by atoms with Gasteiger partial charge in [0.05, 0.1) is 11.5 Å². The number of carbonyl (C=O) groups is 1. The van der Waals surface area contributed by atoms with Gasteiger partial charge >= 0.3 is 6.09 Å². The highest BCUT2D eigenvalue weighted by atomic mass is 32.2. The van der Waals surface area contributed by atoms with E-state index in [4.69, 9.17) is 5.73 Å². The van der Waals surface area contributed by atoms with Crippen molar-refractivity contribution in [1.29, 1.82) is 0 Å². The van der Waals surface area contributed by atoms with Crippen molar-refractivity contribution >= 4 is 21.8 Å². The van der Waals surface area contributed by atoms with Crippen molar-refractivity contribution in [3.63, 3.8) is 0 Å². The first kappa shape index (κ1) is 13.3. The van der Waals surface area contributed by atoms with E-state index in [0.29, 0.717) is 9.99 Å². The summed E-state index contributed by atoms with van der Waals surface area (Å²) < 4.78 is 29.1. The first-order valence-electron chi connectivity index (χ1n) is 4.90. The normalized spacial score (nSPS) is 10.9. The number of hydrogen-bond acceptors (Lipinski definition) is 5. The van der Waals surface area contributed by atoms with E-state index in [0.717, 1.165) is 7.05 Å². The molecule has 0 bridgehead atoms. The number of rotatable bonds is 3. The fourth-order valence-corrected chi connectivity index (χ4v) is 2.25. The van der Waals surface area contributed by atoms with Gasteiger partial charge in [0.2, 0.25) is 0 Å². The Hall–Kier alpha value is -1.76. The molecule has 0 aromatic heterocycles. The fourth-order valence-electron chi connectivity index (χ4n) is 1.15. The molecule has 17 heavy (non-hydrogen) atoms. The molecule has 0 aliphatic rings. The van der Waals surface area contributed by atoms with Gasteiger partial charge in [-0.05, 0) is 25.1 Å². The second-order valence-electron chi connectivity index (χ2n) is 3.24. The van der Waals surface area contributed by atoms with Crippen LogP contribution in [0.3, 0.4) is 0 Å². The van der Waals surface area contributed by atoms with Crippen LogP contribution in [-0.2, 0) is 14.8 Å². The van der Waals surface area contributed by atoms with E-state index in [1.54, 1.807) is 13.0 Å². The van der Waals surface area contributed by atoms with E-state index < -0.39 is 16.1 Å². The van der Waals surface area contributed by atoms with Gasteiger partial charge in [0, 0.05) is 12.7 Å². The second-order valence-corrected chi connectivity index (χ2v) is 5.21. The van der Waals surface area contributed by atoms with Crippen LogP contribution in [0.15, 0.2) is 29.2 Å². The average molecular weight is 258 g/mol. The van der Waals surface area contributed by atoms with Crippen LogP contribution in [-0.4, -0.2) is 32.5 Å². The highest BCUT2D eigenvalue weighted by molar-refractivity contribution is 7.89. The monoisotopic (exact) mass is 258 g/mol. The van der Waals surface area contributed by atoms with E-state index in [9.17, 15) is 13.2 Å². The highest BCUT2D eigenvalue weighted by Gasteiger charge is 2.26. The van der Waals surface area contributed by atoms with Crippen molar-refractivity contribution in [2.45, 2.75) is 11.8 Å². The van der Waals surface area contributed by atoms with Crippen LogP contribution >= 0.6 is 0 Å². The minimum atomic E-state index is -3.90. The quantitative estimate of drug-likeness (QED) is 0.818. The van der Waals surface area contributed by atoms with E-state index in [1.807, 2.05) is 0 Å². The molecule has 0 aliphatic heterocycles. The molecule has 94 valence electrons. The number of nitrogens with two attached hydrogens (primary N) is 1. The molecule has 7 heteroatoms. The largest absolute Gasteiger partial charge is 0.449 e. The molecule has 1 rings (SSSR count). The summed E-state index contributed by atoms with van der Waals surface area (Å²) in [5.74, 6) is 0. The zero-order chi connectivity index (χ0) is 13.1. The SMILES string of the molecule is CCOC(=O)N(C)S(=O)(=O)c1cccc(N)c1. The van der Waals surface area contributed by atoms with Gasteiger partial charge in [0.1, 0.15) is 0 Å². The minimum absolute atomic E-state index is 0.0481. The zero-order valence-electron chi connectivity index (χ0n) is 9.58. The number of carbonyl (C=O) groups excluding carboxylic acids is 1. The molecule has 2 N–H and O–H groups in total. The number of ether oxygens (including phenoxy) is 1. The van der Waals surface area contributed by atoms with Crippen molar-refractivity contribution in [2.24, 2.45) is 0 Å². The van der Waals surface area contributed by atoms with Gasteiger partial charge in [-0.2, -0.15) is 0 Å². The lowest BCUT2D eigenvalue weighted by molar-refractivity contribution is 0.136. The topological polar surface area (TPSA) is 89.7 Å². The number of benzene rings is 1. The molecule has 0 atom stereocenters. The van der Waals surface area contributed by atoms with E-state index in [2.05, 4.69) is 4.74 Å². The van der Waals surface area contributed by atoms with Crippen LogP contribution in [0.1, 0.15) is 6.92 Å². The molecule has 0 heterocycles. The molecule has 1 aromatic carbocycles. The van der Waals surface area contributed by atoms with E-state index in [1.165, 1.54) is 18.2 Å². The summed E-state index contributed by atoms with van der Waals surface area (Å²) in [5.41, 5.74) is 5.80. The molecule has 6 nitrogen and oxygen atoms in total. The molecule has 1 amide bonds. The van der Waals surface area contributed by atoms with Gasteiger partial charge in [-0.15, -0.1) is 0 Å². The molecule has 0 saturated heterocycles. The first-order chi connectivity index (χ1) is 7.89. The van der Waals surface area contributed by atoms with E-state index in [-0.39, 0.29) is 11.5 Å². The van der Waals surface area contributed by atoms with Crippen molar-refractivity contribution in [2.75, 3.05) is 19.4 Å². The Morgan fingerprint density at radius 1 is 1.47 bits per heavy atom. The Kier molecular flexibility index (Phi) is 3.95. The van der Waals surface area contributed by atoms with Gasteiger partial charge in [-0.3, -0.25) is 0 Å². The van der Waals surface area contributed by atoms with Gasteiger partial charge in [0.15, 0.2) is 0 Å². The molecular formula is C10H14N2O4S. The standard InChI is InChI=1S/C10H14N2O4S/c1-3-16-10(13)12(2)17(14,15)9-6-4-5-8(11)7-9/h4-7H,3,11H2,1-2H3. The van der Waals surface area contributed by atoms with Crippen molar-refractivity contribution in [3.8, 4) is 0 Å². The number of nitrogens with zero attached hydrogens (tertiary/aromatic N) is 1. The van der Waals surface area contributed by atoms with Crippen LogP contribution in [0, 0.1) is 0 Å². The predicted octanol–water partition coefficient (Wildman–Crippen LogP) is 1.05. The summed E-state index contributed by atoms with van der Waals surface area (Å²) in [7, 11) is -2.77. The Balaban J connectivity index is 3.07. The lowest BCUT2D eigenvalue weighted by Gasteiger charge is -2.16. The molecule has 0 fully saturated rings. The smallest absolute Gasteiger partial charge is 0.423 e.